The maximum Gasteiger partial charge on any atom is 0.227 e. The Balaban J connectivity index is 1.63. The highest BCUT2D eigenvalue weighted by Crippen LogP contribution is 2.28. The molecule has 3 rings (SSSR count). The molecule has 0 aromatic heterocycles. The van der Waals surface area contributed by atoms with Gasteiger partial charge in [-0.05, 0) is 42.5 Å². The lowest BCUT2D eigenvalue weighted by molar-refractivity contribution is -0.131. The lowest BCUT2D eigenvalue weighted by atomic mass is 10.00. The largest absolute Gasteiger partial charge is 0.497 e. The van der Waals surface area contributed by atoms with Gasteiger partial charge in [-0.15, -0.1) is 0 Å². The fraction of sp³-hybridized carbons (Fsp3) is 0.381. The lowest BCUT2D eigenvalue weighted by Gasteiger charge is -2.27. The van der Waals surface area contributed by atoms with Crippen molar-refractivity contribution in [1.82, 2.24) is 4.90 Å². The number of aliphatic hydroxyl groups excluding tert-OH is 1. The number of benzene rings is 2. The van der Waals surface area contributed by atoms with E-state index in [0.717, 1.165) is 36.3 Å². The molecule has 25 heavy (non-hydrogen) atoms. The van der Waals surface area contributed by atoms with E-state index in [9.17, 15) is 9.90 Å². The Morgan fingerprint density at radius 1 is 1.24 bits per heavy atom. The van der Waals surface area contributed by atoms with Gasteiger partial charge in [0.05, 0.1) is 19.6 Å². The molecule has 1 saturated heterocycles. The summed E-state index contributed by atoms with van der Waals surface area (Å²) in [6, 6.07) is 17.4. The van der Waals surface area contributed by atoms with Gasteiger partial charge in [0.1, 0.15) is 5.75 Å². The van der Waals surface area contributed by atoms with E-state index in [4.69, 9.17) is 4.74 Å². The zero-order valence-corrected chi connectivity index (χ0v) is 14.6. The van der Waals surface area contributed by atoms with E-state index in [1.807, 2.05) is 59.5 Å². The molecule has 1 fully saturated rings. The van der Waals surface area contributed by atoms with Crippen molar-refractivity contribution in [3.8, 4) is 5.75 Å². The van der Waals surface area contributed by atoms with Gasteiger partial charge in [0.25, 0.3) is 0 Å². The molecular formula is C21H25NO3. The second-order valence-corrected chi connectivity index (χ2v) is 6.57. The molecule has 4 heteroatoms. The van der Waals surface area contributed by atoms with Crippen molar-refractivity contribution in [3.63, 3.8) is 0 Å². The third-order valence-electron chi connectivity index (χ3n) is 4.87. The first kappa shape index (κ1) is 17.5. The van der Waals surface area contributed by atoms with Crippen molar-refractivity contribution in [2.45, 2.75) is 37.8 Å². The molecule has 0 radical (unpaired) electrons. The molecule has 132 valence electrons. The van der Waals surface area contributed by atoms with Crippen LogP contribution in [0.25, 0.3) is 0 Å². The van der Waals surface area contributed by atoms with Gasteiger partial charge in [-0.25, -0.2) is 0 Å². The minimum Gasteiger partial charge on any atom is -0.497 e. The molecule has 2 atom stereocenters. The van der Waals surface area contributed by atoms with Gasteiger partial charge in [0.2, 0.25) is 5.91 Å². The number of likely N-dealkylation sites (tertiary alicyclic amines) is 1. The van der Waals surface area contributed by atoms with Crippen molar-refractivity contribution in [1.29, 1.82) is 0 Å². The molecule has 2 unspecified atom stereocenters. The summed E-state index contributed by atoms with van der Waals surface area (Å²) in [6.45, 7) is 0.773. The van der Waals surface area contributed by atoms with E-state index in [-0.39, 0.29) is 11.9 Å². The van der Waals surface area contributed by atoms with E-state index in [0.29, 0.717) is 12.8 Å². The number of hydrogen-bond donors (Lipinski definition) is 1. The zero-order chi connectivity index (χ0) is 17.6. The molecular weight excluding hydrogens is 314 g/mol. The smallest absolute Gasteiger partial charge is 0.227 e. The second kappa shape index (κ2) is 8.17. The summed E-state index contributed by atoms with van der Waals surface area (Å²) >= 11 is 0. The number of carbonyl (C=O) groups is 1. The summed E-state index contributed by atoms with van der Waals surface area (Å²) in [7, 11) is 1.63. The van der Waals surface area contributed by atoms with Crippen LogP contribution in [0, 0.1) is 0 Å². The van der Waals surface area contributed by atoms with Gasteiger partial charge in [0, 0.05) is 12.6 Å². The summed E-state index contributed by atoms with van der Waals surface area (Å²) < 4.78 is 5.23. The summed E-state index contributed by atoms with van der Waals surface area (Å²) in [5, 5.41) is 10.5. The predicted octanol–water partition coefficient (Wildman–Crippen LogP) is 3.35. The molecule has 2 aromatic rings. The van der Waals surface area contributed by atoms with Crippen LogP contribution in [0.15, 0.2) is 54.6 Å². The minimum absolute atomic E-state index is 0.105. The molecule has 1 N–H and O–H groups in total. The van der Waals surface area contributed by atoms with Crippen LogP contribution in [-0.4, -0.2) is 35.6 Å². The first-order chi connectivity index (χ1) is 12.2. The third-order valence-corrected chi connectivity index (χ3v) is 4.87. The van der Waals surface area contributed by atoms with Crippen LogP contribution in [0.2, 0.25) is 0 Å². The molecule has 0 spiro atoms. The van der Waals surface area contributed by atoms with Crippen molar-refractivity contribution in [2.24, 2.45) is 0 Å². The van der Waals surface area contributed by atoms with Crippen LogP contribution < -0.4 is 4.74 Å². The quantitative estimate of drug-likeness (QED) is 0.878. The number of ether oxygens (including phenoxy) is 1. The Morgan fingerprint density at radius 3 is 2.80 bits per heavy atom. The molecule has 1 amide bonds. The second-order valence-electron chi connectivity index (χ2n) is 6.57. The number of hydrogen-bond acceptors (Lipinski definition) is 3. The number of rotatable bonds is 6. The molecule has 0 aliphatic carbocycles. The van der Waals surface area contributed by atoms with Crippen LogP contribution in [0.5, 0.6) is 5.75 Å². The Labute approximate surface area is 149 Å². The maximum atomic E-state index is 12.7. The number of carbonyl (C=O) groups excluding carboxylic acids is 1. The number of aliphatic hydroxyl groups is 1. The Kier molecular flexibility index (Phi) is 5.71. The Hall–Kier alpha value is -2.33. The normalized spacial score (nSPS) is 18.2. The third kappa shape index (κ3) is 4.40. The monoisotopic (exact) mass is 339 g/mol. The number of nitrogens with zero attached hydrogens (tertiary/aromatic N) is 1. The Morgan fingerprint density at radius 2 is 2.04 bits per heavy atom. The SMILES string of the molecule is COc1cccc(CC(=O)N2CCCC2CC(O)c2ccccc2)c1. The zero-order valence-electron chi connectivity index (χ0n) is 14.6. The fourth-order valence-corrected chi connectivity index (χ4v) is 3.54. The van der Waals surface area contributed by atoms with Crippen molar-refractivity contribution < 1.29 is 14.6 Å². The van der Waals surface area contributed by atoms with Gasteiger partial charge in [-0.1, -0.05) is 42.5 Å². The molecule has 2 aromatic carbocycles. The lowest BCUT2D eigenvalue weighted by Crippen LogP contribution is -2.37. The van der Waals surface area contributed by atoms with Crippen molar-refractivity contribution in [2.75, 3.05) is 13.7 Å². The van der Waals surface area contributed by atoms with Crippen molar-refractivity contribution in [3.05, 3.63) is 65.7 Å². The molecule has 0 bridgehead atoms. The standard InChI is InChI=1S/C21H25NO3/c1-25-19-11-5-7-16(13-19)14-21(24)22-12-6-10-18(22)15-20(23)17-8-3-2-4-9-17/h2-5,7-9,11,13,18,20,23H,6,10,12,14-15H2,1H3. The van der Waals surface area contributed by atoms with Crippen LogP contribution in [-0.2, 0) is 11.2 Å². The highest BCUT2D eigenvalue weighted by Gasteiger charge is 2.30. The molecule has 0 saturated carbocycles. The van der Waals surface area contributed by atoms with Crippen LogP contribution in [0.4, 0.5) is 0 Å². The van der Waals surface area contributed by atoms with Gasteiger partial charge in [-0.2, -0.15) is 0 Å². The van der Waals surface area contributed by atoms with E-state index in [2.05, 4.69) is 0 Å². The minimum atomic E-state index is -0.531. The van der Waals surface area contributed by atoms with Gasteiger partial charge >= 0.3 is 0 Å². The van der Waals surface area contributed by atoms with Crippen LogP contribution >= 0.6 is 0 Å². The average Bonchev–Trinajstić information content (AvgIpc) is 3.11. The van der Waals surface area contributed by atoms with Gasteiger partial charge in [0.15, 0.2) is 0 Å². The predicted molar refractivity (Wildman–Crippen MR) is 97.5 cm³/mol. The topological polar surface area (TPSA) is 49.8 Å². The van der Waals surface area contributed by atoms with E-state index >= 15 is 0 Å². The van der Waals surface area contributed by atoms with Crippen LogP contribution in [0.3, 0.4) is 0 Å². The summed E-state index contributed by atoms with van der Waals surface area (Å²) in [4.78, 5) is 14.7. The van der Waals surface area contributed by atoms with E-state index in [1.165, 1.54) is 0 Å². The van der Waals surface area contributed by atoms with E-state index in [1.54, 1.807) is 7.11 Å². The first-order valence-electron chi connectivity index (χ1n) is 8.83. The number of amides is 1. The first-order valence-corrected chi connectivity index (χ1v) is 8.83. The fourth-order valence-electron chi connectivity index (χ4n) is 3.54. The van der Waals surface area contributed by atoms with Gasteiger partial charge < -0.3 is 14.7 Å². The summed E-state index contributed by atoms with van der Waals surface area (Å²) in [5.41, 5.74) is 1.87. The summed E-state index contributed by atoms with van der Waals surface area (Å²) in [6.07, 6.45) is 2.38. The van der Waals surface area contributed by atoms with E-state index < -0.39 is 6.10 Å². The average molecular weight is 339 g/mol. The van der Waals surface area contributed by atoms with Gasteiger partial charge in [-0.3, -0.25) is 4.79 Å². The summed E-state index contributed by atoms with van der Waals surface area (Å²) in [5.74, 6) is 0.888. The molecule has 4 nitrogen and oxygen atoms in total. The Bertz CT molecular complexity index is 701. The highest BCUT2D eigenvalue weighted by atomic mass is 16.5. The molecule has 1 aliphatic heterocycles. The van der Waals surface area contributed by atoms with Crippen molar-refractivity contribution >= 4 is 5.91 Å². The molecule has 1 heterocycles. The van der Waals surface area contributed by atoms with Crippen LogP contribution in [0.1, 0.15) is 36.5 Å². The maximum absolute atomic E-state index is 12.7. The number of methoxy groups -OCH3 is 1. The molecule has 1 aliphatic rings. The highest BCUT2D eigenvalue weighted by molar-refractivity contribution is 5.79.